The number of hydrogen-bond acceptors (Lipinski definition) is 7. The Bertz CT molecular complexity index is 853. The van der Waals surface area contributed by atoms with Gasteiger partial charge in [-0.1, -0.05) is 41.6 Å². The van der Waals surface area contributed by atoms with E-state index in [9.17, 15) is 4.79 Å². The fraction of sp³-hybridized carbons (Fsp3) is 0.167. The summed E-state index contributed by atoms with van der Waals surface area (Å²) in [6.07, 6.45) is 7.31. The number of nitrogens with zero attached hydrogens (tertiary/aromatic N) is 4. The molecule has 0 atom stereocenters. The van der Waals surface area contributed by atoms with Crippen molar-refractivity contribution < 1.29 is 4.79 Å². The van der Waals surface area contributed by atoms with E-state index in [2.05, 4.69) is 44.3 Å². The van der Waals surface area contributed by atoms with Gasteiger partial charge < -0.3 is 11.1 Å². The first-order valence-electron chi connectivity index (χ1n) is 7.76. The van der Waals surface area contributed by atoms with Gasteiger partial charge in [0, 0.05) is 5.56 Å². The summed E-state index contributed by atoms with van der Waals surface area (Å²) in [5, 5.41) is 3.14. The highest BCUT2D eigenvalue weighted by Crippen LogP contribution is 2.18. The molecule has 2 aromatic heterocycles. The minimum atomic E-state index is 0.492. The van der Waals surface area contributed by atoms with Gasteiger partial charge in [0.2, 0.25) is 6.41 Å². The molecule has 7 nitrogen and oxygen atoms in total. The van der Waals surface area contributed by atoms with E-state index in [1.165, 1.54) is 17.3 Å². The molecule has 0 saturated carbocycles. The van der Waals surface area contributed by atoms with Crippen molar-refractivity contribution in [3.8, 4) is 11.3 Å². The van der Waals surface area contributed by atoms with Crippen molar-refractivity contribution >= 4 is 29.7 Å². The van der Waals surface area contributed by atoms with E-state index in [0.717, 1.165) is 17.0 Å². The van der Waals surface area contributed by atoms with E-state index in [0.29, 0.717) is 23.1 Å². The van der Waals surface area contributed by atoms with Crippen LogP contribution in [-0.4, -0.2) is 32.6 Å². The maximum atomic E-state index is 9.96. The predicted molar refractivity (Wildman–Crippen MR) is 105 cm³/mol. The molecule has 0 radical (unpaired) electrons. The first kappa shape index (κ1) is 19.3. The summed E-state index contributed by atoms with van der Waals surface area (Å²) in [6.45, 7) is 3.92. The maximum absolute atomic E-state index is 9.96. The molecule has 3 aromatic rings. The lowest BCUT2D eigenvalue weighted by Crippen LogP contribution is -1.97. The second-order valence-corrected chi connectivity index (χ2v) is 6.09. The van der Waals surface area contributed by atoms with Crippen molar-refractivity contribution in [1.29, 1.82) is 0 Å². The molecular formula is C18H20N6OS. The van der Waals surface area contributed by atoms with Gasteiger partial charge in [-0.25, -0.2) is 19.9 Å². The van der Waals surface area contributed by atoms with E-state index in [4.69, 9.17) is 5.73 Å². The second-order valence-electron chi connectivity index (χ2n) is 5.31. The van der Waals surface area contributed by atoms with Crippen LogP contribution in [0.1, 0.15) is 11.3 Å². The van der Waals surface area contributed by atoms with Crippen molar-refractivity contribution in [2.24, 2.45) is 0 Å². The van der Waals surface area contributed by atoms with Crippen molar-refractivity contribution in [2.75, 3.05) is 17.3 Å². The molecule has 0 aliphatic heterocycles. The van der Waals surface area contributed by atoms with E-state index in [-0.39, 0.29) is 0 Å². The lowest BCUT2D eigenvalue weighted by Gasteiger charge is -2.03. The third kappa shape index (κ3) is 5.52. The molecular weight excluding hydrogens is 348 g/mol. The number of nitrogens with two attached hydrogens (primary N) is 1. The highest BCUT2D eigenvalue weighted by atomic mass is 32.2. The third-order valence-electron chi connectivity index (χ3n) is 3.37. The van der Waals surface area contributed by atoms with Gasteiger partial charge in [0.15, 0.2) is 5.16 Å². The first-order chi connectivity index (χ1) is 12.5. The SMILES string of the molecule is CSc1ncc(NC=O)cn1.Cc1ccc(-c2cnc(N)c(C)n2)cc1. The normalized spacial score (nSPS) is 9.81. The number of benzene rings is 1. The molecule has 2 heterocycles. The van der Waals surface area contributed by atoms with Crippen LogP contribution in [0.2, 0.25) is 0 Å². The smallest absolute Gasteiger partial charge is 0.211 e. The van der Waals surface area contributed by atoms with Crippen LogP contribution in [0.4, 0.5) is 11.5 Å². The van der Waals surface area contributed by atoms with Crippen LogP contribution in [0.15, 0.2) is 48.0 Å². The largest absolute Gasteiger partial charge is 0.382 e. The Morgan fingerprint density at radius 2 is 1.69 bits per heavy atom. The highest BCUT2D eigenvalue weighted by Gasteiger charge is 2.02. The lowest BCUT2D eigenvalue weighted by atomic mass is 10.1. The molecule has 0 saturated heterocycles. The number of carbonyl (C=O) groups is 1. The minimum Gasteiger partial charge on any atom is -0.382 e. The van der Waals surface area contributed by atoms with Gasteiger partial charge in [-0.15, -0.1) is 0 Å². The fourth-order valence-corrected chi connectivity index (χ4v) is 2.23. The average molecular weight is 368 g/mol. The molecule has 0 aliphatic carbocycles. The number of nitrogens with one attached hydrogen (secondary N) is 1. The van der Waals surface area contributed by atoms with E-state index < -0.39 is 0 Å². The summed E-state index contributed by atoms with van der Waals surface area (Å²) in [6, 6.07) is 8.19. The average Bonchev–Trinajstić information content (AvgIpc) is 2.66. The Labute approximate surface area is 156 Å². The summed E-state index contributed by atoms with van der Waals surface area (Å²) in [7, 11) is 0. The maximum Gasteiger partial charge on any atom is 0.211 e. The predicted octanol–water partition coefficient (Wildman–Crippen LogP) is 3.11. The Morgan fingerprint density at radius 3 is 2.23 bits per heavy atom. The number of carbonyl (C=O) groups excluding carboxylic acids is 1. The number of rotatable bonds is 4. The van der Waals surface area contributed by atoms with Gasteiger partial charge >= 0.3 is 0 Å². The lowest BCUT2D eigenvalue weighted by molar-refractivity contribution is -0.105. The zero-order valence-corrected chi connectivity index (χ0v) is 15.6. The quantitative estimate of drug-likeness (QED) is 0.414. The molecule has 0 aliphatic rings. The minimum absolute atomic E-state index is 0.492. The summed E-state index contributed by atoms with van der Waals surface area (Å²) >= 11 is 1.46. The zero-order valence-electron chi connectivity index (χ0n) is 14.8. The fourth-order valence-electron chi connectivity index (χ4n) is 1.92. The number of aromatic nitrogens is 4. The topological polar surface area (TPSA) is 107 Å². The monoisotopic (exact) mass is 368 g/mol. The van der Waals surface area contributed by atoms with Crippen LogP contribution in [0, 0.1) is 13.8 Å². The van der Waals surface area contributed by atoms with Crippen LogP contribution in [0.5, 0.6) is 0 Å². The number of hydrogen-bond donors (Lipinski definition) is 2. The van der Waals surface area contributed by atoms with Gasteiger partial charge in [-0.05, 0) is 20.1 Å². The number of nitrogen functional groups attached to an aromatic ring is 1. The number of amides is 1. The summed E-state index contributed by atoms with van der Waals surface area (Å²) < 4.78 is 0. The zero-order chi connectivity index (χ0) is 18.9. The van der Waals surface area contributed by atoms with Crippen molar-refractivity contribution in [2.45, 2.75) is 19.0 Å². The molecule has 0 bridgehead atoms. The van der Waals surface area contributed by atoms with Crippen LogP contribution in [0.25, 0.3) is 11.3 Å². The van der Waals surface area contributed by atoms with Crippen molar-refractivity contribution in [3.63, 3.8) is 0 Å². The highest BCUT2D eigenvalue weighted by molar-refractivity contribution is 7.98. The van der Waals surface area contributed by atoms with Crippen molar-refractivity contribution in [3.05, 3.63) is 54.1 Å². The van der Waals surface area contributed by atoms with Crippen LogP contribution in [0.3, 0.4) is 0 Å². The number of anilines is 2. The van der Waals surface area contributed by atoms with Crippen LogP contribution in [-0.2, 0) is 4.79 Å². The van der Waals surface area contributed by atoms with Gasteiger partial charge in [-0.3, -0.25) is 4.79 Å². The van der Waals surface area contributed by atoms with Crippen LogP contribution < -0.4 is 11.1 Å². The molecule has 3 N–H and O–H groups in total. The standard InChI is InChI=1S/C12H13N3.C6H7N3OS/c1-8-3-5-10(6-4-8)11-7-14-12(13)9(2)15-11;1-11-6-7-2-5(3-8-6)9-4-10/h3-7H,1-2H3,(H2,13,14);2-4H,1H3,(H,9,10). The molecule has 3 rings (SSSR count). The van der Waals surface area contributed by atoms with E-state index >= 15 is 0 Å². The summed E-state index contributed by atoms with van der Waals surface area (Å²) in [4.78, 5) is 26.3. The Kier molecular flexibility index (Phi) is 7.04. The third-order valence-corrected chi connectivity index (χ3v) is 3.94. The first-order valence-corrected chi connectivity index (χ1v) is 8.98. The molecule has 0 fully saturated rings. The molecule has 8 heteroatoms. The second kappa shape index (κ2) is 9.47. The molecule has 1 aromatic carbocycles. The molecule has 26 heavy (non-hydrogen) atoms. The molecule has 1 amide bonds. The van der Waals surface area contributed by atoms with E-state index in [1.54, 1.807) is 18.6 Å². The van der Waals surface area contributed by atoms with Crippen molar-refractivity contribution in [1.82, 2.24) is 19.9 Å². The molecule has 0 spiro atoms. The molecule has 0 unspecified atom stereocenters. The summed E-state index contributed by atoms with van der Waals surface area (Å²) in [5.41, 5.74) is 10.2. The number of thioether (sulfide) groups is 1. The van der Waals surface area contributed by atoms with Gasteiger partial charge in [0.1, 0.15) is 5.82 Å². The van der Waals surface area contributed by atoms with Gasteiger partial charge in [-0.2, -0.15) is 0 Å². The Hall–Kier alpha value is -3.00. The van der Waals surface area contributed by atoms with Gasteiger partial charge in [0.05, 0.1) is 35.7 Å². The summed E-state index contributed by atoms with van der Waals surface area (Å²) in [5.74, 6) is 0.492. The Morgan fingerprint density at radius 1 is 1.04 bits per heavy atom. The Balaban J connectivity index is 0.000000197. The molecule has 134 valence electrons. The van der Waals surface area contributed by atoms with Crippen LogP contribution >= 0.6 is 11.8 Å². The van der Waals surface area contributed by atoms with Gasteiger partial charge in [0.25, 0.3) is 0 Å². The number of aryl methyl sites for hydroxylation is 2. The van der Waals surface area contributed by atoms with E-state index in [1.807, 2.05) is 25.3 Å².